The number of ether oxygens (including phenoxy) is 2. The summed E-state index contributed by atoms with van der Waals surface area (Å²) in [6.07, 6.45) is 1.54. The van der Waals surface area contributed by atoms with Crippen molar-refractivity contribution in [2.45, 2.75) is 20.0 Å². The van der Waals surface area contributed by atoms with Crippen molar-refractivity contribution in [1.82, 2.24) is 14.8 Å². The van der Waals surface area contributed by atoms with E-state index in [-0.39, 0.29) is 0 Å². The number of hydrogen-bond donors (Lipinski definition) is 1. The Balaban J connectivity index is 2.20. The fraction of sp³-hybridized carbons (Fsp3) is 0.385. The highest BCUT2D eigenvalue weighted by Gasteiger charge is 2.11. The van der Waals surface area contributed by atoms with Crippen LogP contribution in [0.4, 0.5) is 5.69 Å². The van der Waals surface area contributed by atoms with Crippen LogP contribution in [0.2, 0.25) is 5.02 Å². The van der Waals surface area contributed by atoms with Crippen molar-refractivity contribution in [2.24, 2.45) is 0 Å². The first-order valence-electron chi connectivity index (χ1n) is 6.21. The molecule has 6 nitrogen and oxygen atoms in total. The summed E-state index contributed by atoms with van der Waals surface area (Å²) in [5.74, 6) is 2.09. The summed E-state index contributed by atoms with van der Waals surface area (Å²) in [6.45, 7) is 3.33. The van der Waals surface area contributed by atoms with Crippen molar-refractivity contribution >= 4 is 17.3 Å². The standard InChI is InChI=1S/C13H17ClN4O2/c1-4-18-13(16-8-17-18)7-15-10-6-11(19-2)9(14)5-12(10)20-3/h5-6,8,15H,4,7H2,1-3H3. The van der Waals surface area contributed by atoms with Gasteiger partial charge < -0.3 is 14.8 Å². The molecular weight excluding hydrogens is 280 g/mol. The van der Waals surface area contributed by atoms with Gasteiger partial charge in [-0.3, -0.25) is 0 Å². The van der Waals surface area contributed by atoms with Crippen LogP contribution in [0.5, 0.6) is 11.5 Å². The minimum atomic E-state index is 0.506. The van der Waals surface area contributed by atoms with Gasteiger partial charge in [-0.15, -0.1) is 0 Å². The molecule has 0 aliphatic heterocycles. The summed E-state index contributed by atoms with van der Waals surface area (Å²) >= 11 is 6.07. The number of anilines is 1. The summed E-state index contributed by atoms with van der Waals surface area (Å²) in [6, 6.07) is 3.51. The zero-order valence-corrected chi connectivity index (χ0v) is 12.4. The molecule has 0 aliphatic rings. The molecule has 2 rings (SSSR count). The molecular formula is C13H17ClN4O2. The number of benzene rings is 1. The fourth-order valence-electron chi connectivity index (χ4n) is 1.86. The summed E-state index contributed by atoms with van der Waals surface area (Å²) in [5.41, 5.74) is 0.791. The van der Waals surface area contributed by atoms with E-state index in [9.17, 15) is 0 Å². The van der Waals surface area contributed by atoms with Crippen molar-refractivity contribution < 1.29 is 9.47 Å². The van der Waals surface area contributed by atoms with Crippen LogP contribution >= 0.6 is 11.6 Å². The van der Waals surface area contributed by atoms with Gasteiger partial charge in [0.25, 0.3) is 0 Å². The van der Waals surface area contributed by atoms with E-state index in [1.165, 1.54) is 0 Å². The number of aromatic nitrogens is 3. The number of halogens is 1. The van der Waals surface area contributed by atoms with E-state index in [1.54, 1.807) is 32.7 Å². The van der Waals surface area contributed by atoms with Crippen LogP contribution in [0.3, 0.4) is 0 Å². The number of rotatable bonds is 6. The van der Waals surface area contributed by atoms with Gasteiger partial charge in [-0.25, -0.2) is 9.67 Å². The smallest absolute Gasteiger partial charge is 0.146 e. The molecule has 0 unspecified atom stereocenters. The molecule has 1 N–H and O–H groups in total. The summed E-state index contributed by atoms with van der Waals surface area (Å²) in [5, 5.41) is 7.89. The molecule has 0 fully saturated rings. The third-order valence-electron chi connectivity index (χ3n) is 2.91. The molecule has 1 aromatic carbocycles. The maximum absolute atomic E-state index is 6.07. The van der Waals surface area contributed by atoms with Crippen molar-refractivity contribution in [3.63, 3.8) is 0 Å². The number of nitrogens with one attached hydrogen (secondary N) is 1. The van der Waals surface area contributed by atoms with E-state index in [1.807, 2.05) is 11.6 Å². The van der Waals surface area contributed by atoms with Gasteiger partial charge in [0.1, 0.15) is 23.7 Å². The van der Waals surface area contributed by atoms with Gasteiger partial charge >= 0.3 is 0 Å². The molecule has 2 aromatic rings. The lowest BCUT2D eigenvalue weighted by Gasteiger charge is -2.13. The Hall–Kier alpha value is -1.95. The van der Waals surface area contributed by atoms with Gasteiger partial charge in [0.2, 0.25) is 0 Å². The molecule has 7 heteroatoms. The highest BCUT2D eigenvalue weighted by Crippen LogP contribution is 2.35. The Morgan fingerprint density at radius 3 is 2.65 bits per heavy atom. The number of nitrogens with zero attached hydrogens (tertiary/aromatic N) is 3. The van der Waals surface area contributed by atoms with E-state index in [2.05, 4.69) is 15.4 Å². The zero-order chi connectivity index (χ0) is 14.5. The largest absolute Gasteiger partial charge is 0.495 e. The summed E-state index contributed by atoms with van der Waals surface area (Å²) < 4.78 is 12.3. The van der Waals surface area contributed by atoms with E-state index < -0.39 is 0 Å². The third-order valence-corrected chi connectivity index (χ3v) is 3.20. The predicted octanol–water partition coefficient (Wildman–Crippen LogP) is 2.58. The zero-order valence-electron chi connectivity index (χ0n) is 11.7. The van der Waals surface area contributed by atoms with Crippen LogP contribution in [0.15, 0.2) is 18.5 Å². The molecule has 0 atom stereocenters. The molecule has 1 heterocycles. The summed E-state index contributed by atoms with van der Waals surface area (Å²) in [4.78, 5) is 4.21. The molecule has 0 bridgehead atoms. The van der Waals surface area contributed by atoms with Crippen molar-refractivity contribution in [3.8, 4) is 11.5 Å². The van der Waals surface area contributed by atoms with Crippen LogP contribution in [-0.2, 0) is 13.1 Å². The Bertz CT molecular complexity index is 586. The van der Waals surface area contributed by atoms with Gasteiger partial charge in [-0.05, 0) is 6.92 Å². The molecule has 1 aromatic heterocycles. The average Bonchev–Trinajstić information content (AvgIpc) is 2.92. The Kier molecular flexibility index (Phi) is 4.68. The van der Waals surface area contributed by atoms with E-state index >= 15 is 0 Å². The molecule has 0 radical (unpaired) electrons. The molecule has 0 spiro atoms. The monoisotopic (exact) mass is 296 g/mol. The van der Waals surface area contributed by atoms with Gasteiger partial charge in [0.05, 0.1) is 31.5 Å². The molecule has 108 valence electrons. The second-order valence-electron chi connectivity index (χ2n) is 4.03. The third kappa shape index (κ3) is 2.96. The Morgan fingerprint density at radius 2 is 2.00 bits per heavy atom. The normalized spacial score (nSPS) is 10.4. The molecule has 20 heavy (non-hydrogen) atoms. The van der Waals surface area contributed by atoms with Crippen molar-refractivity contribution in [2.75, 3.05) is 19.5 Å². The lowest BCUT2D eigenvalue weighted by Crippen LogP contribution is -2.09. The maximum atomic E-state index is 6.07. The Labute approximate surface area is 122 Å². The van der Waals surface area contributed by atoms with E-state index in [0.29, 0.717) is 23.1 Å². The first-order chi connectivity index (χ1) is 9.69. The lowest BCUT2D eigenvalue weighted by molar-refractivity contribution is 0.404. The van der Waals surface area contributed by atoms with E-state index in [0.717, 1.165) is 18.1 Å². The van der Waals surface area contributed by atoms with Crippen LogP contribution < -0.4 is 14.8 Å². The van der Waals surface area contributed by atoms with Crippen LogP contribution in [0.25, 0.3) is 0 Å². The van der Waals surface area contributed by atoms with Crippen LogP contribution in [-0.4, -0.2) is 29.0 Å². The second kappa shape index (κ2) is 6.47. The molecule has 0 saturated heterocycles. The first kappa shape index (κ1) is 14.5. The van der Waals surface area contributed by atoms with Gasteiger partial charge in [0.15, 0.2) is 0 Å². The Morgan fingerprint density at radius 1 is 1.25 bits per heavy atom. The highest BCUT2D eigenvalue weighted by molar-refractivity contribution is 6.32. The second-order valence-corrected chi connectivity index (χ2v) is 4.44. The molecule has 0 amide bonds. The highest BCUT2D eigenvalue weighted by atomic mass is 35.5. The van der Waals surface area contributed by atoms with Crippen LogP contribution in [0, 0.1) is 0 Å². The first-order valence-corrected chi connectivity index (χ1v) is 6.59. The van der Waals surface area contributed by atoms with Gasteiger partial charge in [0, 0.05) is 18.7 Å². The fourth-order valence-corrected chi connectivity index (χ4v) is 2.09. The lowest BCUT2D eigenvalue weighted by atomic mass is 10.2. The predicted molar refractivity (Wildman–Crippen MR) is 77.6 cm³/mol. The number of hydrogen-bond acceptors (Lipinski definition) is 5. The molecule has 0 aliphatic carbocycles. The SMILES string of the molecule is CCn1ncnc1CNc1cc(OC)c(Cl)cc1OC. The quantitative estimate of drug-likeness (QED) is 0.888. The molecule has 0 saturated carbocycles. The summed E-state index contributed by atoms with van der Waals surface area (Å²) in [7, 11) is 3.17. The van der Waals surface area contributed by atoms with Crippen LogP contribution in [0.1, 0.15) is 12.7 Å². The average molecular weight is 297 g/mol. The topological polar surface area (TPSA) is 61.2 Å². The maximum Gasteiger partial charge on any atom is 0.146 e. The van der Waals surface area contributed by atoms with Crippen molar-refractivity contribution in [3.05, 3.63) is 29.3 Å². The minimum absolute atomic E-state index is 0.506. The number of methoxy groups -OCH3 is 2. The van der Waals surface area contributed by atoms with E-state index in [4.69, 9.17) is 21.1 Å². The van der Waals surface area contributed by atoms with Gasteiger partial charge in [-0.2, -0.15) is 5.10 Å². The van der Waals surface area contributed by atoms with Gasteiger partial charge in [-0.1, -0.05) is 11.6 Å². The number of aryl methyl sites for hydroxylation is 1. The minimum Gasteiger partial charge on any atom is -0.495 e. The van der Waals surface area contributed by atoms with Crippen molar-refractivity contribution in [1.29, 1.82) is 0 Å².